The van der Waals surface area contributed by atoms with Gasteiger partial charge in [-0.05, 0) is 75.1 Å². The fourth-order valence-electron chi connectivity index (χ4n) is 4.32. The topological polar surface area (TPSA) is 29.3 Å². The molecule has 1 aliphatic carbocycles. The number of likely N-dealkylation sites (tertiary alicyclic amines) is 1. The van der Waals surface area contributed by atoms with E-state index >= 15 is 0 Å². The van der Waals surface area contributed by atoms with Crippen molar-refractivity contribution >= 4 is 0 Å². The monoisotopic (exact) mass is 286 g/mol. The van der Waals surface area contributed by atoms with Crippen LogP contribution in [0.5, 0.6) is 0 Å². The predicted molar refractivity (Wildman–Crippen MR) is 89.2 cm³/mol. The SMILES string of the molecule is NCC1CCCC1CN1CCC(Cc2ccccc2)CC1. The lowest BCUT2D eigenvalue weighted by atomic mass is 9.89. The van der Waals surface area contributed by atoms with Gasteiger partial charge in [0.25, 0.3) is 0 Å². The number of hydrogen-bond acceptors (Lipinski definition) is 2. The van der Waals surface area contributed by atoms with E-state index in [2.05, 4.69) is 35.2 Å². The molecule has 0 bridgehead atoms. The number of benzene rings is 1. The number of piperidine rings is 1. The van der Waals surface area contributed by atoms with Crippen LogP contribution in [0.4, 0.5) is 0 Å². The summed E-state index contributed by atoms with van der Waals surface area (Å²) >= 11 is 0. The van der Waals surface area contributed by atoms with Crippen LogP contribution in [-0.4, -0.2) is 31.1 Å². The molecule has 116 valence electrons. The summed E-state index contributed by atoms with van der Waals surface area (Å²) in [5.41, 5.74) is 7.43. The molecule has 1 saturated carbocycles. The first-order valence-electron chi connectivity index (χ1n) is 8.81. The van der Waals surface area contributed by atoms with Crippen molar-refractivity contribution in [3.63, 3.8) is 0 Å². The third-order valence-electron chi connectivity index (χ3n) is 5.69. The Kier molecular flexibility index (Phi) is 5.32. The van der Waals surface area contributed by atoms with Crippen LogP contribution in [0.15, 0.2) is 30.3 Å². The van der Waals surface area contributed by atoms with Crippen LogP contribution in [-0.2, 0) is 6.42 Å². The van der Waals surface area contributed by atoms with Crippen molar-refractivity contribution in [2.75, 3.05) is 26.2 Å². The minimum atomic E-state index is 0.798. The molecular formula is C19H30N2. The molecule has 2 unspecified atom stereocenters. The Labute approximate surface area is 129 Å². The molecule has 0 aromatic heterocycles. The van der Waals surface area contributed by atoms with E-state index in [9.17, 15) is 0 Å². The van der Waals surface area contributed by atoms with E-state index in [4.69, 9.17) is 5.73 Å². The highest BCUT2D eigenvalue weighted by Crippen LogP contribution is 2.32. The molecule has 1 aliphatic heterocycles. The van der Waals surface area contributed by atoms with Crippen LogP contribution >= 0.6 is 0 Å². The summed E-state index contributed by atoms with van der Waals surface area (Å²) in [6.45, 7) is 4.80. The fraction of sp³-hybridized carbons (Fsp3) is 0.684. The normalized spacial score (nSPS) is 28.0. The first kappa shape index (κ1) is 15.1. The van der Waals surface area contributed by atoms with Crippen LogP contribution in [0.25, 0.3) is 0 Å². The standard InChI is InChI=1S/C19H30N2/c20-14-18-7-4-8-19(18)15-21-11-9-17(10-12-21)13-16-5-2-1-3-6-16/h1-3,5-6,17-19H,4,7-15,20H2. The van der Waals surface area contributed by atoms with Crippen molar-refractivity contribution in [3.05, 3.63) is 35.9 Å². The molecular weight excluding hydrogens is 256 g/mol. The summed E-state index contributed by atoms with van der Waals surface area (Å²) in [7, 11) is 0. The van der Waals surface area contributed by atoms with Crippen molar-refractivity contribution in [3.8, 4) is 0 Å². The molecule has 0 amide bonds. The second-order valence-corrected chi connectivity index (χ2v) is 7.12. The van der Waals surface area contributed by atoms with Gasteiger partial charge in [-0.15, -0.1) is 0 Å². The third-order valence-corrected chi connectivity index (χ3v) is 5.69. The Morgan fingerprint density at radius 3 is 2.38 bits per heavy atom. The molecule has 2 atom stereocenters. The van der Waals surface area contributed by atoms with Crippen molar-refractivity contribution in [1.29, 1.82) is 0 Å². The van der Waals surface area contributed by atoms with Crippen LogP contribution in [0.2, 0.25) is 0 Å². The summed E-state index contributed by atoms with van der Waals surface area (Å²) in [6, 6.07) is 11.0. The summed E-state index contributed by atoms with van der Waals surface area (Å²) < 4.78 is 0. The predicted octanol–water partition coefficient (Wildman–Crippen LogP) is 3.32. The fourth-order valence-corrected chi connectivity index (χ4v) is 4.32. The zero-order chi connectivity index (χ0) is 14.5. The molecule has 2 aliphatic rings. The Balaban J connectivity index is 1.43. The van der Waals surface area contributed by atoms with Gasteiger partial charge in [-0.3, -0.25) is 0 Å². The molecule has 0 radical (unpaired) electrons. The van der Waals surface area contributed by atoms with Crippen LogP contribution in [0, 0.1) is 17.8 Å². The van der Waals surface area contributed by atoms with Gasteiger partial charge in [-0.1, -0.05) is 36.8 Å². The Morgan fingerprint density at radius 1 is 0.952 bits per heavy atom. The molecule has 3 rings (SSSR count). The minimum absolute atomic E-state index is 0.798. The van der Waals surface area contributed by atoms with Gasteiger partial charge in [0.1, 0.15) is 0 Å². The first-order chi connectivity index (χ1) is 10.3. The maximum atomic E-state index is 5.92. The van der Waals surface area contributed by atoms with E-state index in [0.717, 1.165) is 24.3 Å². The van der Waals surface area contributed by atoms with Crippen molar-refractivity contribution in [2.24, 2.45) is 23.5 Å². The molecule has 1 saturated heterocycles. The maximum Gasteiger partial charge on any atom is 0.00128 e. The van der Waals surface area contributed by atoms with Crippen molar-refractivity contribution in [2.45, 2.75) is 38.5 Å². The van der Waals surface area contributed by atoms with Gasteiger partial charge in [0.15, 0.2) is 0 Å². The quantitative estimate of drug-likeness (QED) is 0.900. The summed E-state index contributed by atoms with van der Waals surface area (Å²) in [6.07, 6.45) is 8.18. The lowest BCUT2D eigenvalue weighted by molar-refractivity contribution is 0.148. The Hall–Kier alpha value is -0.860. The van der Waals surface area contributed by atoms with E-state index < -0.39 is 0 Å². The zero-order valence-corrected chi connectivity index (χ0v) is 13.2. The van der Waals surface area contributed by atoms with E-state index in [-0.39, 0.29) is 0 Å². The highest BCUT2D eigenvalue weighted by molar-refractivity contribution is 5.15. The molecule has 2 nitrogen and oxygen atoms in total. The molecule has 1 aromatic carbocycles. The van der Waals surface area contributed by atoms with Crippen LogP contribution < -0.4 is 5.73 Å². The van der Waals surface area contributed by atoms with E-state index in [1.165, 1.54) is 63.7 Å². The maximum absolute atomic E-state index is 5.92. The Morgan fingerprint density at radius 2 is 1.67 bits per heavy atom. The molecule has 0 spiro atoms. The summed E-state index contributed by atoms with van der Waals surface area (Å²) in [5.74, 6) is 2.56. The van der Waals surface area contributed by atoms with Gasteiger partial charge in [-0.2, -0.15) is 0 Å². The van der Waals surface area contributed by atoms with Crippen molar-refractivity contribution < 1.29 is 0 Å². The summed E-state index contributed by atoms with van der Waals surface area (Å²) in [5, 5.41) is 0. The smallest absolute Gasteiger partial charge is 0.00128 e. The van der Waals surface area contributed by atoms with Gasteiger partial charge in [0, 0.05) is 6.54 Å². The van der Waals surface area contributed by atoms with Gasteiger partial charge >= 0.3 is 0 Å². The number of hydrogen-bond donors (Lipinski definition) is 1. The van der Waals surface area contributed by atoms with Gasteiger partial charge in [-0.25, -0.2) is 0 Å². The number of rotatable bonds is 5. The second-order valence-electron chi connectivity index (χ2n) is 7.12. The van der Waals surface area contributed by atoms with Crippen molar-refractivity contribution in [1.82, 2.24) is 4.90 Å². The molecule has 1 aromatic rings. The molecule has 2 N–H and O–H groups in total. The number of nitrogens with two attached hydrogens (primary N) is 1. The number of nitrogens with zero attached hydrogens (tertiary/aromatic N) is 1. The van der Waals surface area contributed by atoms with Crippen LogP contribution in [0.1, 0.15) is 37.7 Å². The van der Waals surface area contributed by atoms with E-state index in [1.54, 1.807) is 0 Å². The summed E-state index contributed by atoms with van der Waals surface area (Å²) in [4.78, 5) is 2.71. The first-order valence-corrected chi connectivity index (χ1v) is 8.81. The van der Waals surface area contributed by atoms with E-state index in [1.807, 2.05) is 0 Å². The minimum Gasteiger partial charge on any atom is -0.330 e. The highest BCUT2D eigenvalue weighted by Gasteiger charge is 2.29. The third kappa shape index (κ3) is 4.08. The Bertz CT molecular complexity index is 409. The van der Waals surface area contributed by atoms with Gasteiger partial charge < -0.3 is 10.6 Å². The van der Waals surface area contributed by atoms with E-state index in [0.29, 0.717) is 0 Å². The molecule has 21 heavy (non-hydrogen) atoms. The second kappa shape index (κ2) is 7.42. The molecule has 1 heterocycles. The highest BCUT2D eigenvalue weighted by atomic mass is 15.1. The lowest BCUT2D eigenvalue weighted by Crippen LogP contribution is -2.39. The average Bonchev–Trinajstić information content (AvgIpc) is 2.97. The average molecular weight is 286 g/mol. The largest absolute Gasteiger partial charge is 0.330 e. The van der Waals surface area contributed by atoms with Gasteiger partial charge in [0.05, 0.1) is 0 Å². The molecule has 2 fully saturated rings. The zero-order valence-electron chi connectivity index (χ0n) is 13.2. The lowest BCUT2D eigenvalue weighted by Gasteiger charge is -2.34. The van der Waals surface area contributed by atoms with Gasteiger partial charge in [0.2, 0.25) is 0 Å². The molecule has 2 heteroatoms. The van der Waals surface area contributed by atoms with Crippen LogP contribution in [0.3, 0.4) is 0 Å².